The molecule has 0 spiro atoms. The zero-order valence-corrected chi connectivity index (χ0v) is 16.4. The smallest absolute Gasteiger partial charge is 0.254 e. The predicted molar refractivity (Wildman–Crippen MR) is 111 cm³/mol. The first-order chi connectivity index (χ1) is 13.7. The lowest BCUT2D eigenvalue weighted by Crippen LogP contribution is -2.30. The molecule has 6 heteroatoms. The van der Waals surface area contributed by atoms with Crippen molar-refractivity contribution in [2.24, 2.45) is 0 Å². The van der Waals surface area contributed by atoms with Gasteiger partial charge in [0.15, 0.2) is 0 Å². The zero-order chi connectivity index (χ0) is 19.1. The molecule has 28 heavy (non-hydrogen) atoms. The highest BCUT2D eigenvalue weighted by molar-refractivity contribution is 7.18. The molecule has 2 aromatic heterocycles. The SMILES string of the molecule is Cc1ccnn1-c1ccc(C(=O)N2CCCC2c2nc3ccccc3s2)cc1. The van der Waals surface area contributed by atoms with E-state index < -0.39 is 0 Å². The summed E-state index contributed by atoms with van der Waals surface area (Å²) in [6, 6.07) is 17.9. The van der Waals surface area contributed by atoms with Crippen LogP contribution in [0.15, 0.2) is 60.8 Å². The second-order valence-corrected chi connectivity index (χ2v) is 8.17. The van der Waals surface area contributed by atoms with Gasteiger partial charge < -0.3 is 4.90 Å². The third-order valence-electron chi connectivity index (χ3n) is 5.30. The van der Waals surface area contributed by atoms with E-state index in [9.17, 15) is 4.79 Å². The highest BCUT2D eigenvalue weighted by Gasteiger charge is 2.32. The minimum absolute atomic E-state index is 0.0675. The number of carbonyl (C=O) groups is 1. The Kier molecular flexibility index (Phi) is 4.20. The summed E-state index contributed by atoms with van der Waals surface area (Å²) in [6.07, 6.45) is 3.76. The quantitative estimate of drug-likeness (QED) is 0.508. The maximum Gasteiger partial charge on any atom is 0.254 e. The monoisotopic (exact) mass is 388 g/mol. The van der Waals surface area contributed by atoms with Crippen molar-refractivity contribution in [3.8, 4) is 5.69 Å². The number of aromatic nitrogens is 3. The Morgan fingerprint density at radius 1 is 1.11 bits per heavy atom. The first-order valence-electron chi connectivity index (χ1n) is 9.48. The van der Waals surface area contributed by atoms with Crippen molar-refractivity contribution in [3.05, 3.63) is 77.1 Å². The molecule has 1 amide bonds. The molecule has 1 unspecified atom stereocenters. The molecule has 0 N–H and O–H groups in total. The van der Waals surface area contributed by atoms with Crippen molar-refractivity contribution in [2.75, 3.05) is 6.54 Å². The molecule has 140 valence electrons. The van der Waals surface area contributed by atoms with Gasteiger partial charge in [0.25, 0.3) is 5.91 Å². The Balaban J connectivity index is 1.41. The van der Waals surface area contributed by atoms with Crippen LogP contribution in [0.5, 0.6) is 0 Å². The Morgan fingerprint density at radius 3 is 2.68 bits per heavy atom. The van der Waals surface area contributed by atoms with E-state index in [2.05, 4.69) is 11.2 Å². The predicted octanol–water partition coefficient (Wildman–Crippen LogP) is 4.77. The normalized spacial score (nSPS) is 16.8. The Bertz CT molecular complexity index is 1110. The summed E-state index contributed by atoms with van der Waals surface area (Å²) in [6.45, 7) is 2.79. The van der Waals surface area contributed by atoms with Crippen LogP contribution in [0.2, 0.25) is 0 Å². The van der Waals surface area contributed by atoms with Gasteiger partial charge in [-0.1, -0.05) is 12.1 Å². The van der Waals surface area contributed by atoms with Crippen LogP contribution in [0, 0.1) is 6.92 Å². The number of rotatable bonds is 3. The van der Waals surface area contributed by atoms with Crippen molar-refractivity contribution in [2.45, 2.75) is 25.8 Å². The highest BCUT2D eigenvalue weighted by atomic mass is 32.1. The van der Waals surface area contributed by atoms with E-state index in [0.717, 1.165) is 41.3 Å². The van der Waals surface area contributed by atoms with Crippen molar-refractivity contribution in [3.63, 3.8) is 0 Å². The topological polar surface area (TPSA) is 51.0 Å². The zero-order valence-electron chi connectivity index (χ0n) is 15.6. The minimum Gasteiger partial charge on any atom is -0.329 e. The maximum absolute atomic E-state index is 13.2. The molecule has 1 atom stereocenters. The first-order valence-corrected chi connectivity index (χ1v) is 10.3. The lowest BCUT2D eigenvalue weighted by molar-refractivity contribution is 0.0735. The molecule has 0 saturated carbocycles. The molecule has 2 aromatic carbocycles. The van der Waals surface area contributed by atoms with Gasteiger partial charge in [0.1, 0.15) is 5.01 Å². The number of benzene rings is 2. The molecule has 5 nitrogen and oxygen atoms in total. The molecule has 1 fully saturated rings. The number of thiazole rings is 1. The largest absolute Gasteiger partial charge is 0.329 e. The van der Waals surface area contributed by atoms with E-state index in [-0.39, 0.29) is 11.9 Å². The van der Waals surface area contributed by atoms with Crippen LogP contribution in [0.4, 0.5) is 0 Å². The summed E-state index contributed by atoms with van der Waals surface area (Å²) in [5.74, 6) is 0.0745. The summed E-state index contributed by atoms with van der Waals surface area (Å²) < 4.78 is 3.05. The van der Waals surface area contributed by atoms with E-state index in [1.165, 1.54) is 4.70 Å². The molecule has 1 aliphatic rings. The van der Waals surface area contributed by atoms with Crippen LogP contribution in [-0.4, -0.2) is 32.1 Å². The number of nitrogens with zero attached hydrogens (tertiary/aromatic N) is 4. The Labute approximate surface area is 167 Å². The summed E-state index contributed by atoms with van der Waals surface area (Å²) in [5, 5.41) is 5.36. The first kappa shape index (κ1) is 17.1. The van der Waals surface area contributed by atoms with Gasteiger partial charge in [0.05, 0.1) is 21.9 Å². The van der Waals surface area contributed by atoms with E-state index in [1.54, 1.807) is 17.5 Å². The summed E-state index contributed by atoms with van der Waals surface area (Å²) >= 11 is 1.70. The van der Waals surface area contributed by atoms with Crippen molar-refractivity contribution >= 4 is 27.5 Å². The summed E-state index contributed by atoms with van der Waals surface area (Å²) in [5.41, 5.74) is 3.75. The molecule has 5 rings (SSSR count). The third kappa shape index (κ3) is 2.90. The lowest BCUT2D eigenvalue weighted by Gasteiger charge is -2.23. The summed E-state index contributed by atoms with van der Waals surface area (Å²) in [4.78, 5) is 20.0. The number of amides is 1. The molecule has 3 heterocycles. The van der Waals surface area contributed by atoms with E-state index in [1.807, 2.05) is 65.0 Å². The fourth-order valence-corrected chi connectivity index (χ4v) is 4.97. The average molecular weight is 388 g/mol. The number of carbonyl (C=O) groups excluding carboxylic acids is 1. The summed E-state index contributed by atoms with van der Waals surface area (Å²) in [7, 11) is 0. The highest BCUT2D eigenvalue weighted by Crippen LogP contribution is 2.37. The lowest BCUT2D eigenvalue weighted by atomic mass is 10.1. The van der Waals surface area contributed by atoms with Gasteiger partial charge in [-0.15, -0.1) is 11.3 Å². The van der Waals surface area contributed by atoms with E-state index in [4.69, 9.17) is 4.98 Å². The Morgan fingerprint density at radius 2 is 1.93 bits per heavy atom. The van der Waals surface area contributed by atoms with Gasteiger partial charge in [0.2, 0.25) is 0 Å². The van der Waals surface area contributed by atoms with Crippen LogP contribution in [0.25, 0.3) is 15.9 Å². The second-order valence-electron chi connectivity index (χ2n) is 7.11. The minimum atomic E-state index is 0.0675. The molecule has 0 bridgehead atoms. The Hall–Kier alpha value is -2.99. The number of aryl methyl sites for hydroxylation is 1. The standard InChI is InChI=1S/C22H20N4OS/c1-15-12-13-23-26(15)17-10-8-16(9-11-17)22(27)25-14-4-6-19(25)21-24-18-5-2-3-7-20(18)28-21/h2-3,5,7-13,19H,4,6,14H2,1H3. The van der Waals surface area contributed by atoms with E-state index in [0.29, 0.717) is 5.56 Å². The molecular weight excluding hydrogens is 368 g/mol. The molecule has 1 saturated heterocycles. The fraction of sp³-hybridized carbons (Fsp3) is 0.227. The van der Waals surface area contributed by atoms with Crippen LogP contribution >= 0.6 is 11.3 Å². The number of hydrogen-bond acceptors (Lipinski definition) is 4. The number of para-hydroxylation sites is 1. The molecule has 4 aromatic rings. The fourth-order valence-electron chi connectivity index (χ4n) is 3.85. The average Bonchev–Trinajstić information content (AvgIpc) is 3.46. The van der Waals surface area contributed by atoms with Crippen LogP contribution < -0.4 is 0 Å². The van der Waals surface area contributed by atoms with Gasteiger partial charge in [-0.05, 0) is 62.2 Å². The van der Waals surface area contributed by atoms with Crippen LogP contribution in [0.1, 0.15) is 39.9 Å². The van der Waals surface area contributed by atoms with Gasteiger partial charge in [-0.2, -0.15) is 5.10 Å². The molecule has 0 radical (unpaired) electrons. The molecule has 1 aliphatic heterocycles. The van der Waals surface area contributed by atoms with Crippen molar-refractivity contribution in [1.82, 2.24) is 19.7 Å². The molecular formula is C22H20N4OS. The van der Waals surface area contributed by atoms with Gasteiger partial charge in [-0.3, -0.25) is 4.79 Å². The van der Waals surface area contributed by atoms with Gasteiger partial charge >= 0.3 is 0 Å². The van der Waals surface area contributed by atoms with Crippen molar-refractivity contribution in [1.29, 1.82) is 0 Å². The number of likely N-dealkylation sites (tertiary alicyclic amines) is 1. The van der Waals surface area contributed by atoms with Gasteiger partial charge in [-0.25, -0.2) is 9.67 Å². The van der Waals surface area contributed by atoms with E-state index >= 15 is 0 Å². The molecule has 0 aliphatic carbocycles. The number of fused-ring (bicyclic) bond motifs is 1. The van der Waals surface area contributed by atoms with Gasteiger partial charge in [0, 0.05) is 24.0 Å². The van der Waals surface area contributed by atoms with Crippen LogP contribution in [0.3, 0.4) is 0 Å². The maximum atomic E-state index is 13.2. The number of hydrogen-bond donors (Lipinski definition) is 0. The van der Waals surface area contributed by atoms with Crippen molar-refractivity contribution < 1.29 is 4.79 Å². The third-order valence-corrected chi connectivity index (χ3v) is 6.44. The second kappa shape index (κ2) is 6.87. The van der Waals surface area contributed by atoms with Crippen LogP contribution in [-0.2, 0) is 0 Å².